The maximum Gasteiger partial charge on any atom is 0.243 e. The summed E-state index contributed by atoms with van der Waals surface area (Å²) >= 11 is 0. The molecule has 2 aromatic rings. The highest BCUT2D eigenvalue weighted by Crippen LogP contribution is 2.25. The van der Waals surface area contributed by atoms with Crippen LogP contribution in [0.25, 0.3) is 11.4 Å². The van der Waals surface area contributed by atoms with Gasteiger partial charge < -0.3 is 15.2 Å². The molecule has 0 atom stereocenters. The summed E-state index contributed by atoms with van der Waals surface area (Å²) in [5, 5.41) is 14.4. The van der Waals surface area contributed by atoms with Gasteiger partial charge in [0, 0.05) is 30.1 Å². The summed E-state index contributed by atoms with van der Waals surface area (Å²) in [6.07, 6.45) is 9.73. The van der Waals surface area contributed by atoms with Crippen molar-refractivity contribution in [2.75, 3.05) is 11.9 Å². The summed E-state index contributed by atoms with van der Waals surface area (Å²) in [4.78, 5) is 24.5. The molecule has 2 N–H and O–H groups in total. The van der Waals surface area contributed by atoms with Gasteiger partial charge in [-0.05, 0) is 37.8 Å². The second-order valence-corrected chi connectivity index (χ2v) is 8.08. The third-order valence-corrected chi connectivity index (χ3v) is 5.91. The van der Waals surface area contributed by atoms with E-state index in [0.29, 0.717) is 5.69 Å². The van der Waals surface area contributed by atoms with Crippen LogP contribution in [-0.4, -0.2) is 33.1 Å². The molecule has 0 saturated heterocycles. The molecule has 0 spiro atoms. The van der Waals surface area contributed by atoms with Gasteiger partial charge in [0.2, 0.25) is 11.8 Å². The largest absolute Gasteiger partial charge is 0.347 e. The number of aryl methyl sites for hydroxylation is 1. The maximum atomic E-state index is 12.3. The second kappa shape index (κ2) is 9.20. The monoisotopic (exact) mass is 395 g/mol. The smallest absolute Gasteiger partial charge is 0.243 e. The van der Waals surface area contributed by atoms with E-state index in [4.69, 9.17) is 0 Å². The van der Waals surface area contributed by atoms with Crippen LogP contribution >= 0.6 is 0 Å². The third-order valence-electron chi connectivity index (χ3n) is 5.91. The first-order valence-electron chi connectivity index (χ1n) is 10.8. The van der Waals surface area contributed by atoms with E-state index in [2.05, 4.69) is 25.4 Å². The molecule has 29 heavy (non-hydrogen) atoms. The number of anilines is 1. The zero-order valence-electron chi connectivity index (χ0n) is 16.8. The minimum absolute atomic E-state index is 0.000107. The molecule has 4 rings (SSSR count). The van der Waals surface area contributed by atoms with Crippen molar-refractivity contribution in [1.29, 1.82) is 0 Å². The first-order valence-corrected chi connectivity index (χ1v) is 10.8. The average Bonchev–Trinajstić information content (AvgIpc) is 3.01. The Balaban J connectivity index is 1.37. The summed E-state index contributed by atoms with van der Waals surface area (Å²) in [6, 6.07) is 7.67. The van der Waals surface area contributed by atoms with E-state index in [1.54, 1.807) is 0 Å². The molecule has 7 heteroatoms. The van der Waals surface area contributed by atoms with E-state index < -0.39 is 0 Å². The Hall–Kier alpha value is -2.70. The van der Waals surface area contributed by atoms with E-state index in [9.17, 15) is 9.59 Å². The minimum Gasteiger partial charge on any atom is -0.347 e. The Morgan fingerprint density at radius 1 is 1.03 bits per heavy atom. The second-order valence-electron chi connectivity index (χ2n) is 8.08. The van der Waals surface area contributed by atoms with Crippen LogP contribution in [-0.2, 0) is 22.6 Å². The molecule has 0 bridgehead atoms. The molecule has 1 aromatic carbocycles. The zero-order valence-corrected chi connectivity index (χ0v) is 16.8. The number of benzene rings is 1. The van der Waals surface area contributed by atoms with Gasteiger partial charge in [-0.15, -0.1) is 10.2 Å². The Kier molecular flexibility index (Phi) is 6.22. The summed E-state index contributed by atoms with van der Waals surface area (Å²) in [5.41, 5.74) is 1.64. The number of carbonyl (C=O) groups excluding carboxylic acids is 2. The number of nitrogens with zero attached hydrogens (tertiary/aromatic N) is 3. The van der Waals surface area contributed by atoms with Gasteiger partial charge in [-0.2, -0.15) is 0 Å². The van der Waals surface area contributed by atoms with Gasteiger partial charge in [-0.3, -0.25) is 9.59 Å². The minimum atomic E-state index is -0.216. The number of aromatic nitrogens is 3. The molecule has 1 aliphatic heterocycles. The van der Waals surface area contributed by atoms with Crippen LogP contribution in [0.15, 0.2) is 24.3 Å². The lowest BCUT2D eigenvalue weighted by Gasteiger charge is -2.20. The Morgan fingerprint density at radius 3 is 2.72 bits per heavy atom. The van der Waals surface area contributed by atoms with Crippen LogP contribution in [0.3, 0.4) is 0 Å². The topological polar surface area (TPSA) is 88.9 Å². The molecule has 2 aliphatic rings. The quantitative estimate of drug-likeness (QED) is 0.813. The highest BCUT2D eigenvalue weighted by atomic mass is 16.2. The van der Waals surface area contributed by atoms with Gasteiger partial charge in [0.15, 0.2) is 5.82 Å². The first-order chi connectivity index (χ1) is 14.2. The number of amides is 2. The number of nitrogens with one attached hydrogen (secondary N) is 2. The molecule has 2 heterocycles. The lowest BCUT2D eigenvalue weighted by molar-refractivity contribution is -0.128. The molecular weight excluding hydrogens is 366 g/mol. The van der Waals surface area contributed by atoms with E-state index in [1.165, 1.54) is 12.8 Å². The molecule has 1 aliphatic carbocycles. The van der Waals surface area contributed by atoms with E-state index >= 15 is 0 Å². The zero-order chi connectivity index (χ0) is 20.1. The predicted octanol–water partition coefficient (Wildman–Crippen LogP) is 3.31. The van der Waals surface area contributed by atoms with Gasteiger partial charge in [0.05, 0.1) is 6.54 Å². The SMILES string of the molecule is O=C(CNC(=O)C1CCCCC1)Nc1cccc(-c2nnc3n2CCCCC3)c1. The van der Waals surface area contributed by atoms with Crippen molar-refractivity contribution in [2.45, 2.75) is 64.3 Å². The number of rotatable bonds is 5. The highest BCUT2D eigenvalue weighted by Gasteiger charge is 2.21. The molecule has 7 nitrogen and oxygen atoms in total. The van der Waals surface area contributed by atoms with Crippen molar-refractivity contribution < 1.29 is 9.59 Å². The van der Waals surface area contributed by atoms with Gasteiger partial charge in [-0.25, -0.2) is 0 Å². The molecule has 154 valence electrons. The Bertz CT molecular complexity index is 870. The van der Waals surface area contributed by atoms with Crippen LogP contribution < -0.4 is 10.6 Å². The summed E-state index contributed by atoms with van der Waals surface area (Å²) in [6.45, 7) is 0.932. The van der Waals surface area contributed by atoms with Crippen LogP contribution in [0.4, 0.5) is 5.69 Å². The van der Waals surface area contributed by atoms with Crippen LogP contribution in [0.2, 0.25) is 0 Å². The molecule has 0 radical (unpaired) electrons. The van der Waals surface area contributed by atoms with Crippen molar-refractivity contribution >= 4 is 17.5 Å². The predicted molar refractivity (Wildman–Crippen MR) is 111 cm³/mol. The third kappa shape index (κ3) is 4.83. The lowest BCUT2D eigenvalue weighted by atomic mass is 9.89. The average molecular weight is 396 g/mol. The summed E-state index contributed by atoms with van der Waals surface area (Å²) < 4.78 is 2.19. The Morgan fingerprint density at radius 2 is 1.86 bits per heavy atom. The summed E-state index contributed by atoms with van der Waals surface area (Å²) in [7, 11) is 0. The standard InChI is InChI=1S/C22H29N5O2/c28-20(15-23-22(29)16-8-3-1-4-9-16)24-18-11-7-10-17(14-18)21-26-25-19-12-5-2-6-13-27(19)21/h7,10-11,14,16H,1-6,8-9,12-13,15H2,(H,23,29)(H,24,28). The fraction of sp³-hybridized carbons (Fsp3) is 0.545. The molecule has 2 amide bonds. The molecule has 0 unspecified atom stereocenters. The van der Waals surface area contributed by atoms with Crippen LogP contribution in [0, 0.1) is 5.92 Å². The van der Waals surface area contributed by atoms with E-state index in [0.717, 1.165) is 68.7 Å². The van der Waals surface area contributed by atoms with Crippen LogP contribution in [0.5, 0.6) is 0 Å². The normalized spacial score (nSPS) is 17.2. The van der Waals surface area contributed by atoms with Gasteiger partial charge in [-0.1, -0.05) is 37.8 Å². The number of carbonyl (C=O) groups is 2. The number of hydrogen-bond donors (Lipinski definition) is 2. The Labute approximate surface area is 171 Å². The van der Waals surface area contributed by atoms with Gasteiger partial charge in [0.1, 0.15) is 5.82 Å². The lowest BCUT2D eigenvalue weighted by Crippen LogP contribution is -2.37. The van der Waals surface area contributed by atoms with E-state index in [-0.39, 0.29) is 24.3 Å². The van der Waals surface area contributed by atoms with Crippen molar-refractivity contribution in [3.63, 3.8) is 0 Å². The number of fused-ring (bicyclic) bond motifs is 1. The van der Waals surface area contributed by atoms with Crippen molar-refractivity contribution in [3.05, 3.63) is 30.1 Å². The maximum absolute atomic E-state index is 12.3. The number of hydrogen-bond acceptors (Lipinski definition) is 4. The fourth-order valence-corrected chi connectivity index (χ4v) is 4.32. The van der Waals surface area contributed by atoms with Crippen LogP contribution in [0.1, 0.15) is 57.2 Å². The molecule has 1 saturated carbocycles. The summed E-state index contributed by atoms with van der Waals surface area (Å²) in [5.74, 6) is 1.73. The molecular formula is C22H29N5O2. The van der Waals surface area contributed by atoms with Crippen molar-refractivity contribution in [1.82, 2.24) is 20.1 Å². The molecule has 1 aromatic heterocycles. The van der Waals surface area contributed by atoms with Gasteiger partial charge in [0.25, 0.3) is 0 Å². The van der Waals surface area contributed by atoms with Crippen molar-refractivity contribution in [3.8, 4) is 11.4 Å². The fourth-order valence-electron chi connectivity index (χ4n) is 4.32. The molecule has 1 fully saturated rings. The first kappa shape index (κ1) is 19.6. The van der Waals surface area contributed by atoms with E-state index in [1.807, 2.05) is 24.3 Å². The van der Waals surface area contributed by atoms with Crippen molar-refractivity contribution in [2.24, 2.45) is 5.92 Å². The van der Waals surface area contributed by atoms with Gasteiger partial charge >= 0.3 is 0 Å². The highest BCUT2D eigenvalue weighted by molar-refractivity contribution is 5.95.